The van der Waals surface area contributed by atoms with E-state index in [-0.39, 0.29) is 0 Å². The van der Waals surface area contributed by atoms with Crippen LogP contribution in [0.15, 0.2) is 30.3 Å². The summed E-state index contributed by atoms with van der Waals surface area (Å²) in [6.07, 6.45) is 0. The van der Waals surface area contributed by atoms with E-state index in [0.29, 0.717) is 12.1 Å². The molecule has 102 valence electrons. The first kappa shape index (κ1) is 15.2. The molecule has 0 aliphatic carbocycles. The lowest BCUT2D eigenvalue weighted by Gasteiger charge is -2.27. The Kier molecular flexibility index (Phi) is 6.94. The zero-order valence-corrected chi connectivity index (χ0v) is 12.0. The number of nitrogens with zero attached hydrogens (tertiary/aromatic N) is 1. The van der Waals surface area contributed by atoms with Crippen molar-refractivity contribution in [3.63, 3.8) is 0 Å². The van der Waals surface area contributed by atoms with E-state index < -0.39 is 0 Å². The summed E-state index contributed by atoms with van der Waals surface area (Å²) in [6.45, 7) is 6.67. The predicted molar refractivity (Wildman–Crippen MR) is 76.8 cm³/mol. The molecule has 0 amide bonds. The van der Waals surface area contributed by atoms with Gasteiger partial charge in [-0.15, -0.1) is 0 Å². The van der Waals surface area contributed by atoms with Crippen LogP contribution in [0, 0.1) is 0 Å². The Balaban J connectivity index is 2.49. The average molecular weight is 250 g/mol. The molecule has 0 heterocycles. The van der Waals surface area contributed by atoms with Crippen LogP contribution < -0.4 is 5.32 Å². The molecule has 0 radical (unpaired) electrons. The zero-order valence-electron chi connectivity index (χ0n) is 12.0. The molecule has 0 fully saturated rings. The smallest absolute Gasteiger partial charge is 0.0616 e. The minimum Gasteiger partial charge on any atom is -0.380 e. The maximum atomic E-state index is 5.42. The summed E-state index contributed by atoms with van der Waals surface area (Å²) in [6, 6.07) is 11.4. The third-order valence-corrected chi connectivity index (χ3v) is 3.04. The van der Waals surface area contributed by atoms with Gasteiger partial charge >= 0.3 is 0 Å². The minimum atomic E-state index is 0.385. The number of likely N-dealkylation sites (N-methyl/N-ethyl adjacent to an activating group) is 1. The van der Waals surface area contributed by atoms with Gasteiger partial charge in [0.25, 0.3) is 0 Å². The number of hydrogen-bond donors (Lipinski definition) is 1. The van der Waals surface area contributed by atoms with E-state index in [4.69, 9.17) is 4.74 Å². The molecular formula is C15H26N2O. The highest BCUT2D eigenvalue weighted by molar-refractivity contribution is 5.19. The van der Waals surface area contributed by atoms with Crippen LogP contribution in [0.25, 0.3) is 0 Å². The van der Waals surface area contributed by atoms with Crippen molar-refractivity contribution in [2.24, 2.45) is 0 Å². The first-order valence-electron chi connectivity index (χ1n) is 6.67. The summed E-state index contributed by atoms with van der Waals surface area (Å²) >= 11 is 0. The van der Waals surface area contributed by atoms with Gasteiger partial charge in [0, 0.05) is 25.2 Å². The lowest BCUT2D eigenvalue weighted by atomic mass is 10.1. The molecule has 18 heavy (non-hydrogen) atoms. The van der Waals surface area contributed by atoms with Crippen LogP contribution >= 0.6 is 0 Å². The van der Waals surface area contributed by atoms with Crippen molar-refractivity contribution in [1.82, 2.24) is 10.2 Å². The molecule has 0 saturated heterocycles. The van der Waals surface area contributed by atoms with E-state index in [2.05, 4.69) is 61.6 Å². The van der Waals surface area contributed by atoms with Crippen LogP contribution in [0.5, 0.6) is 0 Å². The van der Waals surface area contributed by atoms with Gasteiger partial charge in [-0.3, -0.25) is 0 Å². The van der Waals surface area contributed by atoms with E-state index in [1.54, 1.807) is 0 Å². The molecule has 1 aromatic rings. The van der Waals surface area contributed by atoms with Crippen molar-refractivity contribution in [3.8, 4) is 0 Å². The summed E-state index contributed by atoms with van der Waals surface area (Å²) in [7, 11) is 4.24. The molecule has 0 aliphatic heterocycles. The van der Waals surface area contributed by atoms with Gasteiger partial charge < -0.3 is 15.0 Å². The van der Waals surface area contributed by atoms with Crippen molar-refractivity contribution in [2.45, 2.75) is 25.9 Å². The Labute approximate surface area is 111 Å². The van der Waals surface area contributed by atoms with Gasteiger partial charge in [0.15, 0.2) is 0 Å². The van der Waals surface area contributed by atoms with Gasteiger partial charge in [-0.1, -0.05) is 30.3 Å². The van der Waals surface area contributed by atoms with Gasteiger partial charge in [-0.2, -0.15) is 0 Å². The number of ether oxygens (including phenoxy) is 1. The normalized spacial score (nSPS) is 14.7. The third kappa shape index (κ3) is 5.17. The molecule has 0 bridgehead atoms. The van der Waals surface area contributed by atoms with Crippen molar-refractivity contribution in [3.05, 3.63) is 35.9 Å². The van der Waals surface area contributed by atoms with E-state index in [0.717, 1.165) is 19.8 Å². The maximum Gasteiger partial charge on any atom is 0.0616 e. The Hall–Kier alpha value is -0.900. The van der Waals surface area contributed by atoms with Crippen LogP contribution in [0.4, 0.5) is 0 Å². The highest BCUT2D eigenvalue weighted by Gasteiger charge is 2.14. The fraction of sp³-hybridized carbons (Fsp3) is 0.600. The Morgan fingerprint density at radius 1 is 1.22 bits per heavy atom. The minimum absolute atomic E-state index is 0.385. The van der Waals surface area contributed by atoms with Gasteiger partial charge in [0.05, 0.1) is 6.61 Å². The van der Waals surface area contributed by atoms with E-state index >= 15 is 0 Å². The van der Waals surface area contributed by atoms with Crippen molar-refractivity contribution >= 4 is 0 Å². The lowest BCUT2D eigenvalue weighted by Crippen LogP contribution is -2.37. The molecule has 2 unspecified atom stereocenters. The number of benzene rings is 1. The average Bonchev–Trinajstić information content (AvgIpc) is 2.37. The van der Waals surface area contributed by atoms with Crippen molar-refractivity contribution in [1.29, 1.82) is 0 Å². The SMILES string of the molecule is CCOCC(C)NCC(c1ccccc1)N(C)C. The Bertz CT molecular complexity index is 314. The van der Waals surface area contributed by atoms with Gasteiger partial charge in [-0.05, 0) is 33.5 Å². The van der Waals surface area contributed by atoms with Crippen LogP contribution in [0.1, 0.15) is 25.5 Å². The number of rotatable bonds is 8. The standard InChI is InChI=1S/C15H26N2O/c1-5-18-12-13(2)16-11-15(17(3)4)14-9-7-6-8-10-14/h6-10,13,15-16H,5,11-12H2,1-4H3. The second-order valence-corrected chi connectivity index (χ2v) is 4.86. The number of hydrogen-bond acceptors (Lipinski definition) is 3. The van der Waals surface area contributed by atoms with Gasteiger partial charge in [0.2, 0.25) is 0 Å². The topological polar surface area (TPSA) is 24.5 Å². The molecule has 1 aromatic carbocycles. The van der Waals surface area contributed by atoms with Crippen LogP contribution in [-0.4, -0.2) is 44.8 Å². The predicted octanol–water partition coefficient (Wildman–Crippen LogP) is 2.30. The molecule has 0 aliphatic rings. The van der Waals surface area contributed by atoms with E-state index in [1.807, 2.05) is 6.92 Å². The van der Waals surface area contributed by atoms with Crippen molar-refractivity contribution < 1.29 is 4.74 Å². The maximum absolute atomic E-state index is 5.42. The first-order valence-corrected chi connectivity index (χ1v) is 6.67. The Morgan fingerprint density at radius 3 is 2.44 bits per heavy atom. The second-order valence-electron chi connectivity index (χ2n) is 4.86. The summed E-state index contributed by atoms with van der Waals surface area (Å²) in [5.41, 5.74) is 1.35. The molecular weight excluding hydrogens is 224 g/mol. The molecule has 1 N–H and O–H groups in total. The highest BCUT2D eigenvalue weighted by Crippen LogP contribution is 2.16. The van der Waals surface area contributed by atoms with Crippen LogP contribution in [0.3, 0.4) is 0 Å². The van der Waals surface area contributed by atoms with E-state index in [9.17, 15) is 0 Å². The Morgan fingerprint density at radius 2 is 1.89 bits per heavy atom. The van der Waals surface area contributed by atoms with Crippen molar-refractivity contribution in [2.75, 3.05) is 33.9 Å². The molecule has 0 aromatic heterocycles. The largest absolute Gasteiger partial charge is 0.380 e. The molecule has 1 rings (SSSR count). The lowest BCUT2D eigenvalue weighted by molar-refractivity contribution is 0.124. The van der Waals surface area contributed by atoms with E-state index in [1.165, 1.54) is 5.56 Å². The summed E-state index contributed by atoms with van der Waals surface area (Å²) in [4.78, 5) is 2.25. The fourth-order valence-electron chi connectivity index (χ4n) is 1.94. The quantitative estimate of drug-likeness (QED) is 0.766. The summed E-state index contributed by atoms with van der Waals surface area (Å²) < 4.78 is 5.42. The fourth-order valence-corrected chi connectivity index (χ4v) is 1.94. The monoisotopic (exact) mass is 250 g/mol. The molecule has 2 atom stereocenters. The third-order valence-electron chi connectivity index (χ3n) is 3.04. The van der Waals surface area contributed by atoms with Crippen LogP contribution in [-0.2, 0) is 4.74 Å². The second kappa shape index (κ2) is 8.25. The zero-order chi connectivity index (χ0) is 13.4. The summed E-state index contributed by atoms with van der Waals surface area (Å²) in [5, 5.41) is 3.53. The molecule has 3 heteroatoms. The van der Waals surface area contributed by atoms with Gasteiger partial charge in [0.1, 0.15) is 0 Å². The summed E-state index contributed by atoms with van der Waals surface area (Å²) in [5.74, 6) is 0. The highest BCUT2D eigenvalue weighted by atomic mass is 16.5. The first-order chi connectivity index (χ1) is 8.65. The number of nitrogens with one attached hydrogen (secondary N) is 1. The molecule has 3 nitrogen and oxygen atoms in total. The molecule has 0 spiro atoms. The van der Waals surface area contributed by atoms with Gasteiger partial charge in [-0.25, -0.2) is 0 Å². The van der Waals surface area contributed by atoms with Crippen LogP contribution in [0.2, 0.25) is 0 Å². The molecule has 0 saturated carbocycles.